The number of anilines is 2. The molecule has 1 saturated heterocycles. The van der Waals surface area contributed by atoms with E-state index in [-0.39, 0.29) is 29.8 Å². The molecule has 1 aliphatic heterocycles. The van der Waals surface area contributed by atoms with Crippen LogP contribution in [-0.4, -0.2) is 66.5 Å². The van der Waals surface area contributed by atoms with Crippen LogP contribution >= 0.6 is 0 Å². The molecule has 2 N–H and O–H groups in total. The predicted octanol–water partition coefficient (Wildman–Crippen LogP) is 5.23. The van der Waals surface area contributed by atoms with E-state index in [0.29, 0.717) is 23.7 Å². The number of rotatable bonds is 11. The third-order valence-electron chi connectivity index (χ3n) is 9.33. The summed E-state index contributed by atoms with van der Waals surface area (Å²) in [7, 11) is 4.28. The van der Waals surface area contributed by atoms with Gasteiger partial charge in [0.05, 0.1) is 0 Å². The highest BCUT2D eigenvalue weighted by Gasteiger charge is 2.34. The lowest BCUT2D eigenvalue weighted by Gasteiger charge is -2.35. The monoisotopic (exact) mass is 612 g/mol. The van der Waals surface area contributed by atoms with Crippen LogP contribution in [0.1, 0.15) is 78.7 Å². The SMILES string of the molecule is CCCc1cc(C)[nH]c(=O)c1CNC(=O)c1cc(-c2ccc(N3CCC(N(C)C)CC3)nc2)cc(N(CC)C(=O)C2CC2)c1C. The lowest BCUT2D eigenvalue weighted by molar-refractivity contribution is -0.119. The number of pyridine rings is 2. The smallest absolute Gasteiger partial charge is 0.253 e. The number of benzene rings is 1. The van der Waals surface area contributed by atoms with Gasteiger partial charge in [0, 0.05) is 72.4 Å². The summed E-state index contributed by atoms with van der Waals surface area (Å²) >= 11 is 0. The molecule has 0 bridgehead atoms. The van der Waals surface area contributed by atoms with Crippen molar-refractivity contribution in [2.45, 2.75) is 78.8 Å². The molecule has 3 aromatic rings. The molecule has 240 valence electrons. The first kappa shape index (κ1) is 32.4. The van der Waals surface area contributed by atoms with Crippen molar-refractivity contribution in [1.29, 1.82) is 0 Å². The Labute approximate surface area is 267 Å². The van der Waals surface area contributed by atoms with Crippen molar-refractivity contribution in [2.24, 2.45) is 5.92 Å². The van der Waals surface area contributed by atoms with Gasteiger partial charge in [0.15, 0.2) is 0 Å². The molecule has 1 aromatic carbocycles. The van der Waals surface area contributed by atoms with Gasteiger partial charge < -0.3 is 25.0 Å². The summed E-state index contributed by atoms with van der Waals surface area (Å²) in [6.07, 6.45) is 7.55. The first-order chi connectivity index (χ1) is 21.6. The number of aryl methyl sites for hydroxylation is 2. The van der Waals surface area contributed by atoms with E-state index in [1.807, 2.05) is 50.1 Å². The van der Waals surface area contributed by atoms with Crippen LogP contribution in [0.4, 0.5) is 11.5 Å². The number of hydrogen-bond acceptors (Lipinski definition) is 6. The molecule has 3 heterocycles. The highest BCUT2D eigenvalue weighted by Crippen LogP contribution is 2.37. The fraction of sp³-hybridized carbons (Fsp3) is 0.500. The van der Waals surface area contributed by atoms with Gasteiger partial charge in [0.25, 0.3) is 11.5 Å². The molecule has 0 spiro atoms. The van der Waals surface area contributed by atoms with Gasteiger partial charge in [-0.15, -0.1) is 0 Å². The Balaban J connectivity index is 1.46. The van der Waals surface area contributed by atoms with Crippen LogP contribution in [0.5, 0.6) is 0 Å². The van der Waals surface area contributed by atoms with E-state index in [0.717, 1.165) is 91.1 Å². The van der Waals surface area contributed by atoms with E-state index in [1.54, 1.807) is 0 Å². The van der Waals surface area contributed by atoms with E-state index in [2.05, 4.69) is 53.3 Å². The molecule has 1 aliphatic carbocycles. The Kier molecular flexibility index (Phi) is 10.1. The number of H-pyrrole nitrogens is 1. The second kappa shape index (κ2) is 14.0. The molecule has 9 heteroatoms. The van der Waals surface area contributed by atoms with Gasteiger partial charge in [-0.05, 0) is 114 Å². The van der Waals surface area contributed by atoms with E-state index in [4.69, 9.17) is 4.98 Å². The van der Waals surface area contributed by atoms with Crippen molar-refractivity contribution in [2.75, 3.05) is 43.5 Å². The highest BCUT2D eigenvalue weighted by molar-refractivity contribution is 6.03. The van der Waals surface area contributed by atoms with E-state index in [9.17, 15) is 14.4 Å². The Bertz CT molecular complexity index is 1580. The molecular weight excluding hydrogens is 564 g/mol. The average molecular weight is 613 g/mol. The summed E-state index contributed by atoms with van der Waals surface area (Å²) in [6.45, 7) is 10.4. The molecule has 9 nitrogen and oxygen atoms in total. The first-order valence-corrected chi connectivity index (χ1v) is 16.4. The number of amides is 2. The number of aromatic nitrogens is 2. The summed E-state index contributed by atoms with van der Waals surface area (Å²) in [5, 5.41) is 3.02. The minimum absolute atomic E-state index is 0.0492. The van der Waals surface area contributed by atoms with Crippen molar-refractivity contribution in [3.8, 4) is 11.1 Å². The normalized spacial score (nSPS) is 15.4. The zero-order valence-electron chi connectivity index (χ0n) is 27.7. The number of carbonyl (C=O) groups is 2. The van der Waals surface area contributed by atoms with Gasteiger partial charge in [-0.1, -0.05) is 13.3 Å². The molecule has 5 rings (SSSR count). The fourth-order valence-electron chi connectivity index (χ4n) is 6.47. The second-order valence-electron chi connectivity index (χ2n) is 12.8. The van der Waals surface area contributed by atoms with Gasteiger partial charge in [-0.2, -0.15) is 0 Å². The number of nitrogens with zero attached hydrogens (tertiary/aromatic N) is 4. The van der Waals surface area contributed by atoms with E-state index in [1.165, 1.54) is 0 Å². The van der Waals surface area contributed by atoms with Crippen molar-refractivity contribution >= 4 is 23.3 Å². The van der Waals surface area contributed by atoms with Crippen LogP contribution < -0.4 is 20.7 Å². The summed E-state index contributed by atoms with van der Waals surface area (Å²) < 4.78 is 0. The van der Waals surface area contributed by atoms with Crippen molar-refractivity contribution in [3.05, 3.63) is 74.8 Å². The maximum absolute atomic E-state index is 13.8. The van der Waals surface area contributed by atoms with Gasteiger partial charge in [-0.3, -0.25) is 14.4 Å². The van der Waals surface area contributed by atoms with E-state index < -0.39 is 0 Å². The molecule has 2 fully saturated rings. The molecule has 0 radical (unpaired) electrons. The van der Waals surface area contributed by atoms with Gasteiger partial charge in [0.1, 0.15) is 5.82 Å². The lowest BCUT2D eigenvalue weighted by atomic mass is 9.97. The maximum atomic E-state index is 13.8. The number of hydrogen-bond donors (Lipinski definition) is 2. The van der Waals surface area contributed by atoms with Crippen LogP contribution in [0, 0.1) is 19.8 Å². The minimum Gasteiger partial charge on any atom is -0.357 e. The summed E-state index contributed by atoms with van der Waals surface area (Å²) in [4.78, 5) is 54.2. The largest absolute Gasteiger partial charge is 0.357 e. The minimum atomic E-state index is -0.277. The molecule has 0 unspecified atom stereocenters. The zero-order chi connectivity index (χ0) is 32.2. The highest BCUT2D eigenvalue weighted by atomic mass is 16.2. The standard InChI is InChI=1S/C36H48N6O3/c1-7-9-26-18-23(3)39-35(44)31(26)22-38-34(43)30-19-28(20-32(24(30)4)42(8-2)36(45)25-10-11-25)27-12-13-33(37-21-27)41-16-14-29(15-17-41)40(5)6/h12-13,18-21,25,29H,7-11,14-17,22H2,1-6H3,(H,38,43)(H,39,44). The third kappa shape index (κ3) is 7.30. The fourth-order valence-corrected chi connectivity index (χ4v) is 6.47. The molecular formula is C36H48N6O3. The molecule has 45 heavy (non-hydrogen) atoms. The molecule has 1 saturated carbocycles. The quantitative estimate of drug-likeness (QED) is 0.308. The zero-order valence-corrected chi connectivity index (χ0v) is 27.7. The summed E-state index contributed by atoms with van der Waals surface area (Å²) in [6, 6.07) is 10.6. The van der Waals surface area contributed by atoms with Crippen LogP contribution in [0.15, 0.2) is 41.3 Å². The van der Waals surface area contributed by atoms with Crippen LogP contribution in [-0.2, 0) is 17.8 Å². The van der Waals surface area contributed by atoms with Crippen molar-refractivity contribution in [3.63, 3.8) is 0 Å². The van der Waals surface area contributed by atoms with Gasteiger partial charge >= 0.3 is 0 Å². The maximum Gasteiger partial charge on any atom is 0.253 e. The molecule has 2 aliphatic rings. The van der Waals surface area contributed by atoms with Crippen molar-refractivity contribution in [1.82, 2.24) is 20.2 Å². The van der Waals surface area contributed by atoms with Crippen molar-refractivity contribution < 1.29 is 9.59 Å². The number of nitrogens with one attached hydrogen (secondary N) is 2. The Morgan fingerprint density at radius 2 is 1.76 bits per heavy atom. The van der Waals surface area contributed by atoms with Gasteiger partial charge in [-0.25, -0.2) is 4.98 Å². The van der Waals surface area contributed by atoms with Crippen LogP contribution in [0.25, 0.3) is 11.1 Å². The Morgan fingerprint density at radius 3 is 2.36 bits per heavy atom. The topological polar surface area (TPSA) is 102 Å². The van der Waals surface area contributed by atoms with Gasteiger partial charge in [0.2, 0.25) is 5.91 Å². The number of aromatic amines is 1. The molecule has 2 aromatic heterocycles. The number of carbonyl (C=O) groups excluding carboxylic acids is 2. The van der Waals surface area contributed by atoms with Crippen LogP contribution in [0.2, 0.25) is 0 Å². The third-order valence-corrected chi connectivity index (χ3v) is 9.33. The summed E-state index contributed by atoms with van der Waals surface area (Å²) in [5.41, 5.74) is 5.85. The average Bonchev–Trinajstić information content (AvgIpc) is 3.88. The summed E-state index contributed by atoms with van der Waals surface area (Å²) in [5.74, 6) is 0.829. The lowest BCUT2D eigenvalue weighted by Crippen LogP contribution is -2.42. The predicted molar refractivity (Wildman–Crippen MR) is 181 cm³/mol. The number of piperidine rings is 1. The Hall–Kier alpha value is -3.98. The van der Waals surface area contributed by atoms with E-state index >= 15 is 0 Å². The first-order valence-electron chi connectivity index (χ1n) is 16.4. The Morgan fingerprint density at radius 1 is 1.02 bits per heavy atom. The molecule has 0 atom stereocenters. The van der Waals surface area contributed by atoms with Crippen LogP contribution in [0.3, 0.4) is 0 Å². The second-order valence-corrected chi connectivity index (χ2v) is 12.8. The molecule has 2 amide bonds.